The molecule has 0 aromatic carbocycles. The maximum absolute atomic E-state index is 8.92. The van der Waals surface area contributed by atoms with Crippen molar-refractivity contribution in [2.24, 2.45) is 5.41 Å². The van der Waals surface area contributed by atoms with Crippen LogP contribution in [0, 0.1) is 5.41 Å². The van der Waals surface area contributed by atoms with E-state index in [1.54, 1.807) is 6.08 Å². The lowest BCUT2D eigenvalue weighted by Crippen LogP contribution is -2.41. The highest BCUT2D eigenvalue weighted by Crippen LogP contribution is 2.23. The fourth-order valence-corrected chi connectivity index (χ4v) is 0.884. The zero-order chi connectivity index (χ0) is 8.32. The van der Waals surface area contributed by atoms with Crippen molar-refractivity contribution in [1.29, 1.82) is 0 Å². The molecule has 3 nitrogen and oxygen atoms in total. The first-order chi connectivity index (χ1) is 5.20. The first-order valence-electron chi connectivity index (χ1n) is 3.67. The molecule has 1 aliphatic heterocycles. The maximum atomic E-state index is 8.92. The van der Waals surface area contributed by atoms with Gasteiger partial charge in [-0.1, -0.05) is 13.5 Å². The van der Waals surface area contributed by atoms with Gasteiger partial charge in [0, 0.05) is 5.41 Å². The van der Waals surface area contributed by atoms with Crippen LogP contribution >= 0.6 is 0 Å². The lowest BCUT2D eigenvalue weighted by molar-refractivity contribution is -0.209. The molecule has 1 heterocycles. The Hall–Kier alpha value is -0.380. The first kappa shape index (κ1) is 8.71. The average Bonchev–Trinajstić information content (AvgIpc) is 2.06. The summed E-state index contributed by atoms with van der Waals surface area (Å²) in [5, 5.41) is 8.92. The first-order valence-corrected chi connectivity index (χ1v) is 3.67. The van der Waals surface area contributed by atoms with Crippen molar-refractivity contribution in [3.05, 3.63) is 12.7 Å². The quantitative estimate of drug-likeness (QED) is 0.596. The molecular formula is C8H14O3. The van der Waals surface area contributed by atoms with E-state index in [2.05, 4.69) is 6.58 Å². The van der Waals surface area contributed by atoms with Gasteiger partial charge in [-0.3, -0.25) is 0 Å². The fourth-order valence-electron chi connectivity index (χ4n) is 0.884. The van der Waals surface area contributed by atoms with Gasteiger partial charge in [-0.05, 0) is 6.08 Å². The van der Waals surface area contributed by atoms with Crippen LogP contribution < -0.4 is 0 Å². The highest BCUT2D eigenvalue weighted by molar-refractivity contribution is 4.81. The van der Waals surface area contributed by atoms with Gasteiger partial charge in [0.15, 0.2) is 6.29 Å². The number of aliphatic hydroxyl groups is 1. The SMILES string of the molecule is C=CC1OCC(C)(CO)CO1. The molecular weight excluding hydrogens is 144 g/mol. The predicted octanol–water partition coefficient (Wildman–Crippen LogP) is 0.544. The molecule has 0 spiro atoms. The van der Waals surface area contributed by atoms with Crippen molar-refractivity contribution in [3.8, 4) is 0 Å². The number of hydrogen-bond donors (Lipinski definition) is 1. The largest absolute Gasteiger partial charge is 0.396 e. The van der Waals surface area contributed by atoms with Crippen LogP contribution in [0.4, 0.5) is 0 Å². The number of hydrogen-bond acceptors (Lipinski definition) is 3. The van der Waals surface area contributed by atoms with Gasteiger partial charge >= 0.3 is 0 Å². The van der Waals surface area contributed by atoms with Gasteiger partial charge in [-0.25, -0.2) is 0 Å². The summed E-state index contributed by atoms with van der Waals surface area (Å²) in [4.78, 5) is 0. The summed E-state index contributed by atoms with van der Waals surface area (Å²) < 4.78 is 10.5. The minimum Gasteiger partial charge on any atom is -0.396 e. The number of ether oxygens (including phenoxy) is 2. The normalized spacial score (nSPS) is 38.5. The summed E-state index contributed by atoms with van der Waals surface area (Å²) in [5.41, 5.74) is -0.237. The highest BCUT2D eigenvalue weighted by atomic mass is 16.7. The molecule has 64 valence electrons. The Labute approximate surface area is 66.6 Å². The molecule has 1 saturated heterocycles. The minimum absolute atomic E-state index is 0.0941. The third-order valence-corrected chi connectivity index (χ3v) is 1.77. The monoisotopic (exact) mass is 158 g/mol. The van der Waals surface area contributed by atoms with Crippen molar-refractivity contribution < 1.29 is 14.6 Å². The van der Waals surface area contributed by atoms with Crippen LogP contribution in [0.15, 0.2) is 12.7 Å². The highest BCUT2D eigenvalue weighted by Gasteiger charge is 2.30. The van der Waals surface area contributed by atoms with Gasteiger partial charge < -0.3 is 14.6 Å². The van der Waals surface area contributed by atoms with Gasteiger partial charge in [0.2, 0.25) is 0 Å². The Balaban J connectivity index is 2.40. The summed E-state index contributed by atoms with van der Waals surface area (Å²) >= 11 is 0. The van der Waals surface area contributed by atoms with Gasteiger partial charge in [-0.15, -0.1) is 0 Å². The van der Waals surface area contributed by atoms with Crippen LogP contribution in [-0.2, 0) is 9.47 Å². The fraction of sp³-hybridized carbons (Fsp3) is 0.750. The topological polar surface area (TPSA) is 38.7 Å². The minimum atomic E-state index is -0.297. The summed E-state index contributed by atoms with van der Waals surface area (Å²) in [5.74, 6) is 0. The summed E-state index contributed by atoms with van der Waals surface area (Å²) in [7, 11) is 0. The molecule has 0 bridgehead atoms. The van der Waals surface area contributed by atoms with E-state index in [0.717, 1.165) is 0 Å². The maximum Gasteiger partial charge on any atom is 0.176 e. The van der Waals surface area contributed by atoms with Gasteiger partial charge in [-0.2, -0.15) is 0 Å². The number of aliphatic hydroxyl groups excluding tert-OH is 1. The second kappa shape index (κ2) is 3.34. The summed E-state index contributed by atoms with van der Waals surface area (Å²) in [6, 6.07) is 0. The van der Waals surface area contributed by atoms with E-state index < -0.39 is 0 Å². The molecule has 1 rings (SSSR count). The summed E-state index contributed by atoms with van der Waals surface area (Å²) in [6.07, 6.45) is 1.31. The van der Waals surface area contributed by atoms with Crippen LogP contribution in [0.1, 0.15) is 6.92 Å². The van der Waals surface area contributed by atoms with Crippen molar-refractivity contribution in [3.63, 3.8) is 0 Å². The third-order valence-electron chi connectivity index (χ3n) is 1.77. The van der Waals surface area contributed by atoms with Crippen LogP contribution in [0.25, 0.3) is 0 Å². The molecule has 0 aromatic heterocycles. The van der Waals surface area contributed by atoms with Crippen molar-refractivity contribution in [2.75, 3.05) is 19.8 Å². The van der Waals surface area contributed by atoms with E-state index in [9.17, 15) is 0 Å². The van der Waals surface area contributed by atoms with E-state index in [4.69, 9.17) is 14.6 Å². The van der Waals surface area contributed by atoms with E-state index in [1.807, 2.05) is 6.92 Å². The zero-order valence-corrected chi connectivity index (χ0v) is 6.75. The van der Waals surface area contributed by atoms with Gasteiger partial charge in [0.1, 0.15) is 0 Å². The zero-order valence-electron chi connectivity index (χ0n) is 6.75. The molecule has 11 heavy (non-hydrogen) atoms. The van der Waals surface area contributed by atoms with E-state index >= 15 is 0 Å². The van der Waals surface area contributed by atoms with Crippen LogP contribution in [0.3, 0.4) is 0 Å². The van der Waals surface area contributed by atoms with Gasteiger partial charge in [0.25, 0.3) is 0 Å². The summed E-state index contributed by atoms with van der Waals surface area (Å²) in [6.45, 7) is 6.62. The van der Waals surface area contributed by atoms with E-state index in [1.165, 1.54) is 0 Å². The molecule has 0 saturated carbocycles. The van der Waals surface area contributed by atoms with Gasteiger partial charge in [0.05, 0.1) is 19.8 Å². The standard InChI is InChI=1S/C8H14O3/c1-3-7-10-5-8(2,4-9)6-11-7/h3,7,9H,1,4-6H2,2H3. The third kappa shape index (κ3) is 2.02. The lowest BCUT2D eigenvalue weighted by atomic mass is 9.94. The molecule has 1 N–H and O–H groups in total. The van der Waals surface area contributed by atoms with Crippen LogP contribution in [-0.4, -0.2) is 31.2 Å². The van der Waals surface area contributed by atoms with Crippen molar-refractivity contribution >= 4 is 0 Å². The smallest absolute Gasteiger partial charge is 0.176 e. The lowest BCUT2D eigenvalue weighted by Gasteiger charge is -2.34. The molecule has 1 fully saturated rings. The molecule has 0 aromatic rings. The van der Waals surface area contributed by atoms with Crippen LogP contribution in [0.2, 0.25) is 0 Å². The molecule has 3 heteroatoms. The van der Waals surface area contributed by atoms with E-state index in [0.29, 0.717) is 13.2 Å². The molecule has 0 atom stereocenters. The average molecular weight is 158 g/mol. The van der Waals surface area contributed by atoms with Crippen molar-refractivity contribution in [2.45, 2.75) is 13.2 Å². The van der Waals surface area contributed by atoms with Crippen molar-refractivity contribution in [1.82, 2.24) is 0 Å². The molecule has 0 unspecified atom stereocenters. The Morgan fingerprint density at radius 2 is 2.18 bits per heavy atom. The Bertz CT molecular complexity index is 136. The molecule has 0 amide bonds. The van der Waals surface area contributed by atoms with E-state index in [-0.39, 0.29) is 18.3 Å². The van der Waals surface area contributed by atoms with Crippen LogP contribution in [0.5, 0.6) is 0 Å². The number of rotatable bonds is 2. The Kier molecular flexibility index (Phi) is 2.65. The predicted molar refractivity (Wildman–Crippen MR) is 41.1 cm³/mol. The molecule has 0 aliphatic carbocycles. The Morgan fingerprint density at radius 1 is 1.64 bits per heavy atom. The Morgan fingerprint density at radius 3 is 2.55 bits per heavy atom. The molecule has 0 radical (unpaired) electrons. The second-order valence-electron chi connectivity index (χ2n) is 3.19. The molecule has 1 aliphatic rings. The second-order valence-corrected chi connectivity index (χ2v) is 3.19.